The SMILES string of the molecule is CS(=O)(=O)c1ccc(C(=O)O)c(Cl)c1SC1CCC1. The van der Waals surface area contributed by atoms with Gasteiger partial charge < -0.3 is 5.11 Å². The van der Waals surface area contributed by atoms with Crippen molar-refractivity contribution in [1.29, 1.82) is 0 Å². The molecule has 19 heavy (non-hydrogen) atoms. The first kappa shape index (κ1) is 14.7. The summed E-state index contributed by atoms with van der Waals surface area (Å²) in [6.07, 6.45) is 4.22. The molecule has 4 nitrogen and oxygen atoms in total. The first-order valence-corrected chi connectivity index (χ1v) is 8.88. The maximum Gasteiger partial charge on any atom is 0.337 e. The second-order valence-corrected chi connectivity index (χ2v) is 8.18. The highest BCUT2D eigenvalue weighted by Crippen LogP contribution is 2.43. The molecule has 0 spiro atoms. The monoisotopic (exact) mass is 320 g/mol. The van der Waals surface area contributed by atoms with E-state index in [0.717, 1.165) is 25.5 Å². The van der Waals surface area contributed by atoms with Crippen LogP contribution in [0.1, 0.15) is 29.6 Å². The molecule has 1 aromatic rings. The number of carboxylic acid groups (broad SMARTS) is 1. The van der Waals surface area contributed by atoms with E-state index in [1.807, 2.05) is 0 Å². The molecule has 0 saturated heterocycles. The zero-order valence-corrected chi connectivity index (χ0v) is 12.6. The second-order valence-electron chi connectivity index (χ2n) is 4.50. The Labute approximate surface area is 121 Å². The average Bonchev–Trinajstić information content (AvgIpc) is 2.22. The van der Waals surface area contributed by atoms with Crippen molar-refractivity contribution in [3.8, 4) is 0 Å². The molecule has 0 radical (unpaired) electrons. The molecule has 0 aliphatic heterocycles. The number of hydrogen-bond acceptors (Lipinski definition) is 4. The van der Waals surface area contributed by atoms with Gasteiger partial charge in [-0.15, -0.1) is 11.8 Å². The Balaban J connectivity index is 2.55. The minimum atomic E-state index is -3.43. The van der Waals surface area contributed by atoms with E-state index < -0.39 is 15.8 Å². The first-order valence-electron chi connectivity index (χ1n) is 5.73. The van der Waals surface area contributed by atoms with Crippen molar-refractivity contribution in [3.63, 3.8) is 0 Å². The number of sulfone groups is 1. The van der Waals surface area contributed by atoms with E-state index in [1.165, 1.54) is 23.9 Å². The van der Waals surface area contributed by atoms with Crippen LogP contribution < -0.4 is 0 Å². The van der Waals surface area contributed by atoms with E-state index in [2.05, 4.69) is 0 Å². The molecule has 1 fully saturated rings. The Hall–Kier alpha value is -0.720. The molecule has 104 valence electrons. The molecule has 0 aromatic heterocycles. The third-order valence-corrected chi connectivity index (χ3v) is 6.27. The topological polar surface area (TPSA) is 71.4 Å². The van der Waals surface area contributed by atoms with Crippen LogP contribution in [0.3, 0.4) is 0 Å². The van der Waals surface area contributed by atoms with Crippen LogP contribution in [0.4, 0.5) is 0 Å². The molecule has 1 aliphatic rings. The van der Waals surface area contributed by atoms with Crippen molar-refractivity contribution in [1.82, 2.24) is 0 Å². The number of halogens is 1. The number of rotatable bonds is 4. The smallest absolute Gasteiger partial charge is 0.337 e. The Morgan fingerprint density at radius 3 is 2.47 bits per heavy atom. The minimum Gasteiger partial charge on any atom is -0.478 e. The Kier molecular flexibility index (Phi) is 4.13. The van der Waals surface area contributed by atoms with Crippen LogP contribution in [0.5, 0.6) is 0 Å². The van der Waals surface area contributed by atoms with Crippen LogP contribution in [-0.4, -0.2) is 31.0 Å². The minimum absolute atomic E-state index is 0.0207. The lowest BCUT2D eigenvalue weighted by atomic mass is 10.00. The maximum atomic E-state index is 11.8. The molecule has 7 heteroatoms. The quantitative estimate of drug-likeness (QED) is 0.923. The van der Waals surface area contributed by atoms with Gasteiger partial charge in [-0.25, -0.2) is 13.2 Å². The number of carbonyl (C=O) groups is 1. The van der Waals surface area contributed by atoms with E-state index >= 15 is 0 Å². The van der Waals surface area contributed by atoms with Crippen LogP contribution in [0.15, 0.2) is 21.9 Å². The van der Waals surface area contributed by atoms with Gasteiger partial charge in [0.1, 0.15) is 0 Å². The largest absolute Gasteiger partial charge is 0.478 e. The molecule has 0 heterocycles. The Bertz CT molecular complexity index is 621. The second kappa shape index (κ2) is 5.34. The Morgan fingerprint density at radius 1 is 1.42 bits per heavy atom. The summed E-state index contributed by atoms with van der Waals surface area (Å²) in [7, 11) is -3.43. The van der Waals surface area contributed by atoms with Gasteiger partial charge in [-0.2, -0.15) is 0 Å². The molecule has 0 bridgehead atoms. The summed E-state index contributed by atoms with van der Waals surface area (Å²) in [6, 6.07) is 2.57. The van der Waals surface area contributed by atoms with Crippen molar-refractivity contribution in [2.45, 2.75) is 34.3 Å². The summed E-state index contributed by atoms with van der Waals surface area (Å²) < 4.78 is 23.5. The summed E-state index contributed by atoms with van der Waals surface area (Å²) >= 11 is 7.44. The van der Waals surface area contributed by atoms with E-state index in [1.54, 1.807) is 0 Å². The van der Waals surface area contributed by atoms with Crippen molar-refractivity contribution < 1.29 is 18.3 Å². The molecule has 2 rings (SSSR count). The summed E-state index contributed by atoms with van der Waals surface area (Å²) in [5, 5.41) is 9.39. The summed E-state index contributed by atoms with van der Waals surface area (Å²) in [4.78, 5) is 11.5. The van der Waals surface area contributed by atoms with Crippen LogP contribution in [0.25, 0.3) is 0 Å². The maximum absolute atomic E-state index is 11.8. The van der Waals surface area contributed by atoms with Crippen LogP contribution >= 0.6 is 23.4 Å². The molecule has 1 aromatic carbocycles. The lowest BCUT2D eigenvalue weighted by molar-refractivity contribution is 0.0696. The Morgan fingerprint density at radius 2 is 2.05 bits per heavy atom. The normalized spacial score (nSPS) is 16.1. The lowest BCUT2D eigenvalue weighted by Gasteiger charge is -2.26. The molecule has 0 unspecified atom stereocenters. The zero-order chi connectivity index (χ0) is 14.2. The van der Waals surface area contributed by atoms with Crippen LogP contribution in [0, 0.1) is 0 Å². The van der Waals surface area contributed by atoms with Crippen molar-refractivity contribution in [3.05, 3.63) is 22.7 Å². The van der Waals surface area contributed by atoms with Crippen molar-refractivity contribution in [2.75, 3.05) is 6.26 Å². The van der Waals surface area contributed by atoms with Gasteiger partial charge in [0.25, 0.3) is 0 Å². The highest BCUT2D eigenvalue weighted by Gasteiger charge is 2.26. The highest BCUT2D eigenvalue weighted by molar-refractivity contribution is 8.01. The van der Waals surface area contributed by atoms with E-state index in [0.29, 0.717) is 10.1 Å². The average molecular weight is 321 g/mol. The van der Waals surface area contributed by atoms with Crippen molar-refractivity contribution >= 4 is 39.2 Å². The fourth-order valence-corrected chi connectivity index (χ4v) is 4.85. The third-order valence-electron chi connectivity index (χ3n) is 3.03. The van der Waals surface area contributed by atoms with E-state index in [4.69, 9.17) is 16.7 Å². The third kappa shape index (κ3) is 3.07. The molecular formula is C12H13ClO4S2. The molecular weight excluding hydrogens is 308 g/mol. The number of hydrogen-bond donors (Lipinski definition) is 1. The highest BCUT2D eigenvalue weighted by atomic mass is 35.5. The number of benzene rings is 1. The fourth-order valence-electron chi connectivity index (χ4n) is 1.76. The molecule has 0 amide bonds. The number of aromatic carboxylic acids is 1. The van der Waals surface area contributed by atoms with E-state index in [9.17, 15) is 13.2 Å². The van der Waals surface area contributed by atoms with Gasteiger partial charge in [0.15, 0.2) is 9.84 Å². The van der Waals surface area contributed by atoms with Gasteiger partial charge in [0.2, 0.25) is 0 Å². The van der Waals surface area contributed by atoms with Gasteiger partial charge >= 0.3 is 5.97 Å². The van der Waals surface area contributed by atoms with Crippen molar-refractivity contribution in [2.24, 2.45) is 0 Å². The molecule has 1 aliphatic carbocycles. The van der Waals surface area contributed by atoms with Crippen LogP contribution in [-0.2, 0) is 9.84 Å². The summed E-state index contributed by atoms with van der Waals surface area (Å²) in [5.74, 6) is -1.15. The number of thioether (sulfide) groups is 1. The predicted octanol–water partition coefficient (Wildman–Crippen LogP) is 3.09. The van der Waals surface area contributed by atoms with E-state index in [-0.39, 0.29) is 15.5 Å². The lowest BCUT2D eigenvalue weighted by Crippen LogP contribution is -2.14. The van der Waals surface area contributed by atoms with Gasteiger partial charge in [0.05, 0.1) is 15.5 Å². The summed E-state index contributed by atoms with van der Waals surface area (Å²) in [5.41, 5.74) is -0.0594. The molecule has 1 N–H and O–H groups in total. The zero-order valence-electron chi connectivity index (χ0n) is 10.2. The molecule has 0 atom stereocenters. The first-order chi connectivity index (χ1) is 8.80. The van der Waals surface area contributed by atoms with Gasteiger partial charge in [-0.1, -0.05) is 18.0 Å². The van der Waals surface area contributed by atoms with Crippen LogP contribution in [0.2, 0.25) is 5.02 Å². The molecule has 1 saturated carbocycles. The van der Waals surface area contributed by atoms with Gasteiger partial charge in [-0.05, 0) is 25.0 Å². The standard InChI is InChI=1S/C12H13ClO4S2/c1-19(16,17)9-6-5-8(12(14)15)10(13)11(9)18-7-3-2-4-7/h5-7H,2-4H2,1H3,(H,14,15). The van der Waals surface area contributed by atoms with Gasteiger partial charge in [-0.3, -0.25) is 0 Å². The summed E-state index contributed by atoms with van der Waals surface area (Å²) in [6.45, 7) is 0. The fraction of sp³-hybridized carbons (Fsp3) is 0.417. The van der Waals surface area contributed by atoms with Gasteiger partial charge in [0, 0.05) is 16.4 Å². The predicted molar refractivity (Wildman–Crippen MR) is 75.0 cm³/mol. The number of carboxylic acids is 1.